The van der Waals surface area contributed by atoms with E-state index in [0.717, 1.165) is 6.42 Å². The molecule has 1 fully saturated rings. The van der Waals surface area contributed by atoms with Gasteiger partial charge in [-0.15, -0.1) is 0 Å². The van der Waals surface area contributed by atoms with Crippen molar-refractivity contribution in [2.75, 3.05) is 0 Å². The van der Waals surface area contributed by atoms with Crippen LogP contribution in [0.15, 0.2) is 23.2 Å². The van der Waals surface area contributed by atoms with Gasteiger partial charge in [-0.3, -0.25) is 10.1 Å². The van der Waals surface area contributed by atoms with Crippen LogP contribution in [0.5, 0.6) is 0 Å². The summed E-state index contributed by atoms with van der Waals surface area (Å²) in [6, 6.07) is 5.78. The van der Waals surface area contributed by atoms with Crippen LogP contribution in [0.1, 0.15) is 37.3 Å². The van der Waals surface area contributed by atoms with E-state index >= 15 is 0 Å². The van der Waals surface area contributed by atoms with E-state index in [-0.39, 0.29) is 23.8 Å². The maximum Gasteiger partial charge on any atom is 0.223 e. The van der Waals surface area contributed by atoms with Crippen molar-refractivity contribution in [2.24, 2.45) is 10.9 Å². The number of carbonyl (C=O) groups excluding carboxylic acids is 1. The fourth-order valence-corrected chi connectivity index (χ4v) is 3.52. The molecule has 4 nitrogen and oxygen atoms in total. The van der Waals surface area contributed by atoms with E-state index in [1.807, 2.05) is 12.1 Å². The lowest BCUT2D eigenvalue weighted by molar-refractivity contribution is -0.117. The molecule has 3 rings (SSSR count). The van der Waals surface area contributed by atoms with Gasteiger partial charge in [0.2, 0.25) is 5.91 Å². The van der Waals surface area contributed by atoms with Gasteiger partial charge in [0.05, 0.1) is 12.1 Å². The van der Waals surface area contributed by atoms with Crippen molar-refractivity contribution in [2.45, 2.75) is 45.2 Å². The highest BCUT2D eigenvalue weighted by Gasteiger charge is 2.45. The molecule has 1 aliphatic carbocycles. The van der Waals surface area contributed by atoms with Gasteiger partial charge in [0.15, 0.2) is 5.96 Å². The van der Waals surface area contributed by atoms with E-state index in [2.05, 4.69) is 22.5 Å². The van der Waals surface area contributed by atoms with E-state index in [4.69, 9.17) is 0 Å². The van der Waals surface area contributed by atoms with Crippen LogP contribution in [0.3, 0.4) is 0 Å². The number of aryl methyl sites for hydroxylation is 1. The monoisotopic (exact) mass is 289 g/mol. The lowest BCUT2D eigenvalue weighted by Gasteiger charge is -2.18. The van der Waals surface area contributed by atoms with Crippen molar-refractivity contribution in [1.82, 2.24) is 10.6 Å². The van der Waals surface area contributed by atoms with Crippen LogP contribution >= 0.6 is 0 Å². The average Bonchev–Trinajstić information content (AvgIpc) is 2.92. The lowest BCUT2D eigenvalue weighted by atomic mass is 9.88. The molecule has 1 aliphatic heterocycles. The first kappa shape index (κ1) is 14.0. The molecule has 2 unspecified atom stereocenters. The molecular formula is C16H20FN3O. The van der Waals surface area contributed by atoms with Gasteiger partial charge in [0.1, 0.15) is 5.82 Å². The summed E-state index contributed by atoms with van der Waals surface area (Å²) in [7, 11) is 0. The zero-order valence-electron chi connectivity index (χ0n) is 12.5. The third-order valence-electron chi connectivity index (χ3n) is 4.60. The molecule has 5 heteroatoms. The highest BCUT2D eigenvalue weighted by atomic mass is 19.1. The summed E-state index contributed by atoms with van der Waals surface area (Å²) in [5, 5.41) is 6.00. The molecule has 1 aromatic rings. The van der Waals surface area contributed by atoms with Gasteiger partial charge in [0.25, 0.3) is 0 Å². The number of rotatable bonds is 1. The summed E-state index contributed by atoms with van der Waals surface area (Å²) >= 11 is 0. The summed E-state index contributed by atoms with van der Waals surface area (Å²) in [4.78, 5) is 15.7. The van der Waals surface area contributed by atoms with E-state index in [9.17, 15) is 9.18 Å². The second-order valence-corrected chi connectivity index (χ2v) is 6.11. The van der Waals surface area contributed by atoms with Gasteiger partial charge in [-0.2, -0.15) is 0 Å². The molecule has 112 valence electrons. The highest BCUT2D eigenvalue weighted by molar-refractivity contribution is 5.97. The molecule has 2 aliphatic rings. The van der Waals surface area contributed by atoms with Gasteiger partial charge in [-0.05, 0) is 42.4 Å². The second-order valence-electron chi connectivity index (χ2n) is 6.11. The number of guanidine groups is 1. The third-order valence-corrected chi connectivity index (χ3v) is 4.60. The number of hydrogen-bond donors (Lipinski definition) is 2. The number of nitrogens with zero attached hydrogens (tertiary/aromatic N) is 1. The van der Waals surface area contributed by atoms with Crippen LogP contribution in [0.25, 0.3) is 0 Å². The summed E-state index contributed by atoms with van der Waals surface area (Å²) in [6.45, 7) is 5.45. The molecule has 0 radical (unpaired) electrons. The molecular weight excluding hydrogens is 269 g/mol. The number of fused-ring (bicyclic) bond motifs is 1. The van der Waals surface area contributed by atoms with Gasteiger partial charge in [-0.25, -0.2) is 9.38 Å². The molecule has 0 saturated heterocycles. The second kappa shape index (κ2) is 5.13. The number of benzene rings is 1. The normalized spacial score (nSPS) is 30.6. The number of aliphatic imine (C=N–C) groups is 1. The first-order valence-corrected chi connectivity index (χ1v) is 7.33. The van der Waals surface area contributed by atoms with E-state index in [1.165, 1.54) is 12.5 Å². The number of carbonyl (C=O) groups is 1. The Morgan fingerprint density at radius 3 is 2.86 bits per heavy atom. The van der Waals surface area contributed by atoms with Crippen molar-refractivity contribution >= 4 is 11.9 Å². The molecule has 1 saturated carbocycles. The van der Waals surface area contributed by atoms with Crippen molar-refractivity contribution in [3.63, 3.8) is 0 Å². The Morgan fingerprint density at radius 1 is 1.48 bits per heavy atom. The standard InChI is InChI=1S/C16H20FN3O/c1-8-6-11(4-5-13(8)17)12-7-14-15(9(12)2)20-16(19-14)18-10(3)21/h4-6,9,12,14-15H,7H2,1-3H3,(H2,18,19,20,21)/t9-,12-,14?,15?/m0/s1. The summed E-state index contributed by atoms with van der Waals surface area (Å²) in [5.74, 6) is 1.04. The Balaban J connectivity index is 1.79. The highest BCUT2D eigenvalue weighted by Crippen LogP contribution is 2.43. The zero-order valence-corrected chi connectivity index (χ0v) is 12.5. The molecule has 21 heavy (non-hydrogen) atoms. The number of halogens is 1. The van der Waals surface area contributed by atoms with Crippen LogP contribution in [-0.2, 0) is 4.79 Å². The maximum atomic E-state index is 13.4. The molecule has 4 atom stereocenters. The zero-order chi connectivity index (χ0) is 15.1. The minimum Gasteiger partial charge on any atom is -0.351 e. The first-order valence-electron chi connectivity index (χ1n) is 7.33. The number of hydrogen-bond acceptors (Lipinski definition) is 3. The Hall–Kier alpha value is -1.91. The van der Waals surface area contributed by atoms with Gasteiger partial charge in [-0.1, -0.05) is 19.1 Å². The summed E-state index contributed by atoms with van der Waals surface area (Å²) in [6.07, 6.45) is 0.948. The van der Waals surface area contributed by atoms with Gasteiger partial charge in [0, 0.05) is 6.92 Å². The quantitative estimate of drug-likeness (QED) is 0.832. The van der Waals surface area contributed by atoms with Crippen LogP contribution in [0, 0.1) is 18.7 Å². The molecule has 0 bridgehead atoms. The van der Waals surface area contributed by atoms with Crippen molar-refractivity contribution in [1.29, 1.82) is 0 Å². The minimum absolute atomic E-state index is 0.111. The molecule has 0 spiro atoms. The lowest BCUT2D eigenvalue weighted by Crippen LogP contribution is -2.41. The van der Waals surface area contributed by atoms with E-state index in [1.54, 1.807) is 13.0 Å². The van der Waals surface area contributed by atoms with Gasteiger partial charge >= 0.3 is 0 Å². The Bertz CT molecular complexity index is 614. The van der Waals surface area contributed by atoms with Crippen LogP contribution in [-0.4, -0.2) is 24.0 Å². The Labute approximate surface area is 123 Å². The summed E-state index contributed by atoms with van der Waals surface area (Å²) in [5.41, 5.74) is 1.86. The van der Waals surface area contributed by atoms with Crippen LogP contribution in [0.4, 0.5) is 4.39 Å². The van der Waals surface area contributed by atoms with Crippen LogP contribution in [0.2, 0.25) is 0 Å². The summed E-state index contributed by atoms with van der Waals surface area (Å²) < 4.78 is 13.4. The predicted molar refractivity (Wildman–Crippen MR) is 79.6 cm³/mol. The third kappa shape index (κ3) is 2.52. The van der Waals surface area contributed by atoms with Crippen molar-refractivity contribution < 1.29 is 9.18 Å². The molecule has 2 N–H and O–H groups in total. The fourth-order valence-electron chi connectivity index (χ4n) is 3.52. The largest absolute Gasteiger partial charge is 0.351 e. The molecule has 1 heterocycles. The first-order chi connectivity index (χ1) is 9.95. The average molecular weight is 289 g/mol. The number of nitrogens with one attached hydrogen (secondary N) is 2. The maximum absolute atomic E-state index is 13.4. The smallest absolute Gasteiger partial charge is 0.223 e. The van der Waals surface area contributed by atoms with Crippen molar-refractivity contribution in [3.8, 4) is 0 Å². The van der Waals surface area contributed by atoms with E-state index in [0.29, 0.717) is 23.4 Å². The Kier molecular flexibility index (Phi) is 3.43. The van der Waals surface area contributed by atoms with Gasteiger partial charge < -0.3 is 5.32 Å². The van der Waals surface area contributed by atoms with Crippen molar-refractivity contribution in [3.05, 3.63) is 35.1 Å². The van der Waals surface area contributed by atoms with Crippen LogP contribution < -0.4 is 10.6 Å². The SMILES string of the molecule is CC(=O)NC1=NC2C(C[C@H](c3ccc(F)c(C)c3)[C@@H]2C)N1. The fraction of sp³-hybridized carbons (Fsp3) is 0.500. The molecule has 1 aromatic carbocycles. The minimum atomic E-state index is -0.159. The number of amides is 1. The molecule has 1 amide bonds. The predicted octanol–water partition coefficient (Wildman–Crippen LogP) is 2.09. The molecule has 0 aromatic heterocycles. The Morgan fingerprint density at radius 2 is 2.24 bits per heavy atom. The van der Waals surface area contributed by atoms with E-state index < -0.39 is 0 Å². The topological polar surface area (TPSA) is 53.5 Å².